The smallest absolute Gasteiger partial charge is 0.274 e. The fraction of sp³-hybridized carbons (Fsp3) is 0.375. The van der Waals surface area contributed by atoms with Crippen LogP contribution in [0.5, 0.6) is 0 Å². The number of pyridine rings is 1. The third-order valence-corrected chi connectivity index (χ3v) is 3.88. The van der Waals surface area contributed by atoms with Gasteiger partial charge >= 0.3 is 0 Å². The molecule has 0 unspecified atom stereocenters. The molecule has 108 valence electrons. The van der Waals surface area contributed by atoms with Crippen LogP contribution in [-0.4, -0.2) is 38.8 Å². The van der Waals surface area contributed by atoms with Gasteiger partial charge in [0.05, 0.1) is 6.20 Å². The van der Waals surface area contributed by atoms with Crippen molar-refractivity contribution in [2.24, 2.45) is 0 Å². The summed E-state index contributed by atoms with van der Waals surface area (Å²) in [6.07, 6.45) is 8.62. The van der Waals surface area contributed by atoms with Gasteiger partial charge in [0.25, 0.3) is 5.91 Å². The highest BCUT2D eigenvalue weighted by Gasteiger charge is 2.26. The maximum atomic E-state index is 12.5. The van der Waals surface area contributed by atoms with Crippen LogP contribution >= 0.6 is 0 Å². The molecule has 0 saturated carbocycles. The topological polar surface area (TPSA) is 59.0 Å². The molecule has 1 aliphatic rings. The van der Waals surface area contributed by atoms with E-state index in [1.54, 1.807) is 12.4 Å². The van der Waals surface area contributed by atoms with Crippen molar-refractivity contribution in [3.05, 3.63) is 53.9 Å². The van der Waals surface area contributed by atoms with Crippen molar-refractivity contribution in [2.75, 3.05) is 13.1 Å². The van der Waals surface area contributed by atoms with Gasteiger partial charge < -0.3 is 4.90 Å². The van der Waals surface area contributed by atoms with Crippen LogP contribution in [0.1, 0.15) is 40.5 Å². The number of aryl methyl sites for hydroxylation is 1. The number of hydrogen-bond donors (Lipinski definition) is 0. The van der Waals surface area contributed by atoms with Gasteiger partial charge in [-0.25, -0.2) is 4.98 Å². The average Bonchev–Trinajstić information content (AvgIpc) is 2.55. The Morgan fingerprint density at radius 2 is 2.19 bits per heavy atom. The van der Waals surface area contributed by atoms with Gasteiger partial charge in [0.15, 0.2) is 0 Å². The van der Waals surface area contributed by atoms with Crippen LogP contribution in [-0.2, 0) is 0 Å². The van der Waals surface area contributed by atoms with Crippen LogP contribution in [0.4, 0.5) is 0 Å². The highest BCUT2D eigenvalue weighted by atomic mass is 16.2. The van der Waals surface area contributed by atoms with Crippen molar-refractivity contribution in [1.82, 2.24) is 19.9 Å². The summed E-state index contributed by atoms with van der Waals surface area (Å²) in [7, 11) is 0. The predicted molar refractivity (Wildman–Crippen MR) is 78.9 cm³/mol. The van der Waals surface area contributed by atoms with Crippen LogP contribution in [0.2, 0.25) is 0 Å². The summed E-state index contributed by atoms with van der Waals surface area (Å²) >= 11 is 0. The van der Waals surface area contributed by atoms with Gasteiger partial charge in [0, 0.05) is 43.3 Å². The van der Waals surface area contributed by atoms with Crippen LogP contribution in [0.25, 0.3) is 0 Å². The summed E-state index contributed by atoms with van der Waals surface area (Å²) in [5.74, 6) is 0.347. The van der Waals surface area contributed by atoms with E-state index in [0.29, 0.717) is 11.6 Å². The summed E-state index contributed by atoms with van der Waals surface area (Å²) in [6.45, 7) is 3.52. The van der Waals surface area contributed by atoms with Crippen LogP contribution in [0.3, 0.4) is 0 Å². The first-order chi connectivity index (χ1) is 10.2. The molecule has 0 aromatic carbocycles. The molecule has 1 aliphatic heterocycles. The van der Waals surface area contributed by atoms with E-state index in [0.717, 1.165) is 31.6 Å². The quantitative estimate of drug-likeness (QED) is 0.847. The van der Waals surface area contributed by atoms with E-state index in [-0.39, 0.29) is 5.91 Å². The molecule has 1 fully saturated rings. The Labute approximate surface area is 124 Å². The molecule has 2 aromatic rings. The lowest BCUT2D eigenvalue weighted by atomic mass is 9.90. The molecular formula is C16H18N4O. The zero-order chi connectivity index (χ0) is 14.7. The van der Waals surface area contributed by atoms with E-state index >= 15 is 0 Å². The fourth-order valence-electron chi connectivity index (χ4n) is 2.83. The molecule has 1 atom stereocenters. The Balaban J connectivity index is 1.75. The van der Waals surface area contributed by atoms with Crippen molar-refractivity contribution in [3.8, 4) is 0 Å². The van der Waals surface area contributed by atoms with Crippen LogP contribution in [0.15, 0.2) is 36.9 Å². The van der Waals surface area contributed by atoms with Crippen molar-refractivity contribution >= 4 is 5.91 Å². The average molecular weight is 282 g/mol. The van der Waals surface area contributed by atoms with Crippen molar-refractivity contribution < 1.29 is 4.79 Å². The molecule has 0 N–H and O–H groups in total. The van der Waals surface area contributed by atoms with Crippen molar-refractivity contribution in [1.29, 1.82) is 0 Å². The molecule has 5 nitrogen and oxygen atoms in total. The molecule has 0 bridgehead atoms. The maximum Gasteiger partial charge on any atom is 0.274 e. The molecular weight excluding hydrogens is 264 g/mol. The summed E-state index contributed by atoms with van der Waals surface area (Å²) in [5.41, 5.74) is 2.70. The SMILES string of the molecule is Cc1cc([C@H]2CCCN(C(=O)c3cnccn3)C2)ccn1. The minimum absolute atomic E-state index is 0.0291. The Morgan fingerprint density at radius 1 is 1.29 bits per heavy atom. The van der Waals surface area contributed by atoms with E-state index in [4.69, 9.17) is 0 Å². The maximum absolute atomic E-state index is 12.5. The van der Waals surface area contributed by atoms with Gasteiger partial charge in [-0.1, -0.05) is 0 Å². The highest BCUT2D eigenvalue weighted by molar-refractivity contribution is 5.92. The molecule has 21 heavy (non-hydrogen) atoms. The second kappa shape index (κ2) is 5.99. The van der Waals surface area contributed by atoms with Gasteiger partial charge in [-0.3, -0.25) is 14.8 Å². The number of amides is 1. The molecule has 3 heterocycles. The van der Waals surface area contributed by atoms with Gasteiger partial charge in [0.2, 0.25) is 0 Å². The third-order valence-electron chi connectivity index (χ3n) is 3.88. The summed E-state index contributed by atoms with van der Waals surface area (Å²) in [5, 5.41) is 0. The predicted octanol–water partition coefficient (Wildman–Crippen LogP) is 2.20. The minimum atomic E-state index is -0.0291. The first-order valence-electron chi connectivity index (χ1n) is 7.22. The second-order valence-electron chi connectivity index (χ2n) is 5.41. The number of likely N-dealkylation sites (tertiary alicyclic amines) is 1. The number of aromatic nitrogens is 3. The third kappa shape index (κ3) is 3.07. The Morgan fingerprint density at radius 3 is 2.95 bits per heavy atom. The molecule has 0 aliphatic carbocycles. The number of hydrogen-bond acceptors (Lipinski definition) is 4. The molecule has 5 heteroatoms. The molecule has 2 aromatic heterocycles. The molecule has 1 amide bonds. The van der Waals surface area contributed by atoms with Gasteiger partial charge in [-0.05, 0) is 37.5 Å². The first kappa shape index (κ1) is 13.7. The lowest BCUT2D eigenvalue weighted by molar-refractivity contribution is 0.0700. The van der Waals surface area contributed by atoms with E-state index in [2.05, 4.69) is 21.0 Å². The summed E-state index contributed by atoms with van der Waals surface area (Å²) < 4.78 is 0. The largest absolute Gasteiger partial charge is 0.337 e. The van der Waals surface area contributed by atoms with Crippen molar-refractivity contribution in [3.63, 3.8) is 0 Å². The standard InChI is InChI=1S/C16H18N4O/c1-12-9-13(4-5-18-12)14-3-2-8-20(11-14)16(21)15-10-17-6-7-19-15/h4-7,9-10,14H,2-3,8,11H2,1H3/t14-/m0/s1. The molecule has 0 radical (unpaired) electrons. The van der Waals surface area contributed by atoms with Crippen molar-refractivity contribution in [2.45, 2.75) is 25.7 Å². The van der Waals surface area contributed by atoms with E-state index in [1.807, 2.05) is 24.1 Å². The lowest BCUT2D eigenvalue weighted by Gasteiger charge is -2.32. The Bertz CT molecular complexity index is 629. The number of carbonyl (C=O) groups excluding carboxylic acids is 1. The van der Waals surface area contributed by atoms with Gasteiger partial charge in [0.1, 0.15) is 5.69 Å². The zero-order valence-corrected chi connectivity index (χ0v) is 12.1. The molecule has 0 spiro atoms. The normalized spacial score (nSPS) is 18.5. The number of piperidine rings is 1. The van der Waals surface area contributed by atoms with Crippen LogP contribution < -0.4 is 0 Å². The van der Waals surface area contributed by atoms with E-state index in [1.165, 1.54) is 11.8 Å². The molecule has 1 saturated heterocycles. The summed E-state index contributed by atoms with van der Waals surface area (Å²) in [6, 6.07) is 4.16. The molecule has 3 rings (SSSR count). The zero-order valence-electron chi connectivity index (χ0n) is 12.1. The van der Waals surface area contributed by atoms with Gasteiger partial charge in [-0.2, -0.15) is 0 Å². The fourth-order valence-corrected chi connectivity index (χ4v) is 2.83. The van der Waals surface area contributed by atoms with Crippen LogP contribution in [0, 0.1) is 6.92 Å². The highest BCUT2D eigenvalue weighted by Crippen LogP contribution is 2.27. The number of rotatable bonds is 2. The Hall–Kier alpha value is -2.30. The minimum Gasteiger partial charge on any atom is -0.337 e. The first-order valence-corrected chi connectivity index (χ1v) is 7.22. The lowest BCUT2D eigenvalue weighted by Crippen LogP contribution is -2.39. The summed E-state index contributed by atoms with van der Waals surface area (Å²) in [4.78, 5) is 26.6. The van der Waals surface area contributed by atoms with E-state index in [9.17, 15) is 4.79 Å². The number of nitrogens with zero attached hydrogens (tertiary/aromatic N) is 4. The number of carbonyl (C=O) groups is 1. The van der Waals surface area contributed by atoms with E-state index < -0.39 is 0 Å². The second-order valence-corrected chi connectivity index (χ2v) is 5.41. The monoisotopic (exact) mass is 282 g/mol. The Kier molecular flexibility index (Phi) is 3.90. The van der Waals surface area contributed by atoms with Gasteiger partial charge in [-0.15, -0.1) is 0 Å².